The predicted molar refractivity (Wildman–Crippen MR) is 88.2 cm³/mol. The molecule has 1 fully saturated rings. The number of nitrogens with one attached hydrogen (secondary N) is 1. The highest BCUT2D eigenvalue weighted by molar-refractivity contribution is 7.86. The molecule has 1 aliphatic rings. The summed E-state index contributed by atoms with van der Waals surface area (Å²) in [5.74, 6) is 0.0158. The smallest absolute Gasteiger partial charge is 0.274 e. The first-order valence-electron chi connectivity index (χ1n) is 8.56. The summed E-state index contributed by atoms with van der Waals surface area (Å²) in [6, 6.07) is 0.0535. The van der Waals surface area contributed by atoms with Crippen LogP contribution >= 0.6 is 0 Å². The monoisotopic (exact) mass is 333 g/mol. The molecule has 0 saturated heterocycles. The summed E-state index contributed by atoms with van der Waals surface area (Å²) in [5, 5.41) is 2.72. The maximum Gasteiger partial charge on any atom is 0.274 e. The molecule has 22 heavy (non-hydrogen) atoms. The average Bonchev–Trinajstić information content (AvgIpc) is 2.42. The van der Waals surface area contributed by atoms with Crippen molar-refractivity contribution >= 4 is 16.0 Å². The summed E-state index contributed by atoms with van der Waals surface area (Å²) in [6.45, 7) is 4.55. The van der Waals surface area contributed by atoms with E-state index in [1.807, 2.05) is 0 Å². The van der Waals surface area contributed by atoms with E-state index >= 15 is 0 Å². The van der Waals surface area contributed by atoms with Crippen LogP contribution in [0.1, 0.15) is 71.6 Å². The van der Waals surface area contributed by atoms with Gasteiger partial charge in [0.25, 0.3) is 10.1 Å². The zero-order valence-corrected chi connectivity index (χ0v) is 14.7. The Labute approximate surface area is 135 Å². The summed E-state index contributed by atoms with van der Waals surface area (Å²) in [6.07, 6.45) is 10.5. The molecule has 0 aromatic heterocycles. The molecule has 0 spiro atoms. The zero-order chi connectivity index (χ0) is 16.6. The van der Waals surface area contributed by atoms with Crippen LogP contribution in [0.25, 0.3) is 0 Å². The van der Waals surface area contributed by atoms with Gasteiger partial charge in [0.2, 0.25) is 5.91 Å². The number of hydrogen-bond acceptors (Lipinski definition) is 3. The maximum absolute atomic E-state index is 11.5. The van der Waals surface area contributed by atoms with Gasteiger partial charge in [-0.3, -0.25) is 9.35 Å². The van der Waals surface area contributed by atoms with Crippen LogP contribution in [0.5, 0.6) is 0 Å². The van der Waals surface area contributed by atoms with Crippen molar-refractivity contribution in [1.29, 1.82) is 0 Å². The van der Waals surface area contributed by atoms with Gasteiger partial charge in [0.05, 0.1) is 0 Å². The summed E-state index contributed by atoms with van der Waals surface area (Å²) < 4.78 is 30.0. The van der Waals surface area contributed by atoms with Crippen molar-refractivity contribution in [1.82, 2.24) is 5.32 Å². The average molecular weight is 333 g/mol. The van der Waals surface area contributed by atoms with Crippen molar-refractivity contribution in [3.8, 4) is 0 Å². The van der Waals surface area contributed by atoms with E-state index in [4.69, 9.17) is 4.55 Å². The molecule has 0 radical (unpaired) electrons. The molecule has 0 aromatic rings. The third kappa shape index (κ3) is 8.13. The molecule has 0 heterocycles. The first kappa shape index (κ1) is 19.4. The third-order valence-corrected chi connectivity index (χ3v) is 5.40. The summed E-state index contributed by atoms with van der Waals surface area (Å²) >= 11 is 0. The third-order valence-electron chi connectivity index (χ3n) is 4.77. The molecule has 1 rings (SSSR count). The van der Waals surface area contributed by atoms with Crippen LogP contribution in [0.15, 0.2) is 0 Å². The van der Waals surface area contributed by atoms with Crippen LogP contribution in [-0.2, 0) is 14.9 Å². The Kier molecular flexibility index (Phi) is 8.39. The van der Waals surface area contributed by atoms with Crippen LogP contribution in [-0.4, -0.2) is 30.7 Å². The van der Waals surface area contributed by atoms with Gasteiger partial charge in [-0.15, -0.1) is 0 Å². The minimum atomic E-state index is -4.23. The Morgan fingerprint density at radius 1 is 1.18 bits per heavy atom. The largest absolute Gasteiger partial charge is 0.352 e. The van der Waals surface area contributed by atoms with Crippen molar-refractivity contribution < 1.29 is 17.8 Å². The molecule has 1 amide bonds. The van der Waals surface area contributed by atoms with Gasteiger partial charge < -0.3 is 5.32 Å². The summed E-state index contributed by atoms with van der Waals surface area (Å²) in [7, 11) is -4.23. The van der Waals surface area contributed by atoms with Crippen LogP contribution in [0.2, 0.25) is 0 Å². The molecular weight excluding hydrogens is 302 g/mol. The highest BCUT2D eigenvalue weighted by Crippen LogP contribution is 2.32. The molecule has 130 valence electrons. The van der Waals surface area contributed by atoms with E-state index < -0.39 is 21.8 Å². The van der Waals surface area contributed by atoms with Crippen molar-refractivity contribution in [2.45, 2.75) is 77.7 Å². The Hall–Kier alpha value is -0.620. The van der Waals surface area contributed by atoms with Crippen molar-refractivity contribution in [3.05, 3.63) is 0 Å². The second-order valence-electron chi connectivity index (χ2n) is 6.73. The number of unbranched alkanes of at least 4 members (excludes halogenated alkanes) is 3. The maximum atomic E-state index is 11.5. The van der Waals surface area contributed by atoms with Crippen LogP contribution < -0.4 is 5.32 Å². The summed E-state index contributed by atoms with van der Waals surface area (Å²) in [5.41, 5.74) is 0. The lowest BCUT2D eigenvalue weighted by Crippen LogP contribution is -2.41. The van der Waals surface area contributed by atoms with Gasteiger partial charge in [-0.2, -0.15) is 8.42 Å². The van der Waals surface area contributed by atoms with Gasteiger partial charge >= 0.3 is 0 Å². The molecule has 1 saturated carbocycles. The molecular formula is C16H31NO4S. The fraction of sp³-hybridized carbons (Fsp3) is 0.938. The SMILES string of the molecule is CCCCCCC(C)C1CCC(NC(=O)CS(=O)(=O)O)CC1. The standard InChI is InChI=1S/C16H31NO4S/c1-3-4-5-6-7-13(2)14-8-10-15(11-9-14)17-16(18)12-22(19,20)21/h13-15H,3-12H2,1-2H3,(H,17,18)(H,19,20,21). The Morgan fingerprint density at radius 3 is 2.36 bits per heavy atom. The number of hydrogen-bond donors (Lipinski definition) is 2. The Morgan fingerprint density at radius 2 is 1.82 bits per heavy atom. The van der Waals surface area contributed by atoms with E-state index in [0.29, 0.717) is 0 Å². The van der Waals surface area contributed by atoms with Crippen molar-refractivity contribution in [3.63, 3.8) is 0 Å². The van der Waals surface area contributed by atoms with Gasteiger partial charge in [-0.05, 0) is 37.5 Å². The molecule has 2 N–H and O–H groups in total. The van der Waals surface area contributed by atoms with E-state index in [2.05, 4.69) is 19.2 Å². The predicted octanol–water partition coefficient (Wildman–Crippen LogP) is 3.16. The summed E-state index contributed by atoms with van der Waals surface area (Å²) in [4.78, 5) is 11.5. The van der Waals surface area contributed by atoms with Gasteiger partial charge in [0.15, 0.2) is 5.75 Å². The highest BCUT2D eigenvalue weighted by Gasteiger charge is 2.26. The van der Waals surface area contributed by atoms with E-state index in [1.54, 1.807) is 0 Å². The van der Waals surface area contributed by atoms with E-state index in [9.17, 15) is 13.2 Å². The normalized spacial score (nSPS) is 24.0. The lowest BCUT2D eigenvalue weighted by atomic mass is 9.77. The zero-order valence-electron chi connectivity index (χ0n) is 13.9. The molecule has 6 heteroatoms. The first-order valence-corrected chi connectivity index (χ1v) is 10.2. The van der Waals surface area contributed by atoms with Crippen LogP contribution in [0.3, 0.4) is 0 Å². The van der Waals surface area contributed by atoms with Gasteiger partial charge in [0.1, 0.15) is 0 Å². The van der Waals surface area contributed by atoms with E-state index in [0.717, 1.165) is 37.5 Å². The molecule has 1 atom stereocenters. The molecule has 0 aliphatic heterocycles. The lowest BCUT2D eigenvalue weighted by Gasteiger charge is -2.32. The van der Waals surface area contributed by atoms with Crippen LogP contribution in [0.4, 0.5) is 0 Å². The van der Waals surface area contributed by atoms with Crippen LogP contribution in [0, 0.1) is 11.8 Å². The molecule has 1 unspecified atom stereocenters. The molecule has 5 nitrogen and oxygen atoms in total. The minimum absolute atomic E-state index is 0.0535. The van der Waals surface area contributed by atoms with Gasteiger partial charge in [-0.25, -0.2) is 0 Å². The van der Waals surface area contributed by atoms with Gasteiger partial charge in [0, 0.05) is 6.04 Å². The molecule has 0 bridgehead atoms. The Bertz CT molecular complexity index is 427. The number of amides is 1. The second kappa shape index (κ2) is 9.50. The van der Waals surface area contributed by atoms with Gasteiger partial charge in [-0.1, -0.05) is 46.0 Å². The number of rotatable bonds is 9. The minimum Gasteiger partial charge on any atom is -0.352 e. The van der Waals surface area contributed by atoms with E-state index in [-0.39, 0.29) is 6.04 Å². The van der Waals surface area contributed by atoms with E-state index in [1.165, 1.54) is 32.1 Å². The highest BCUT2D eigenvalue weighted by atomic mass is 32.2. The topological polar surface area (TPSA) is 83.5 Å². The molecule has 0 aromatic carbocycles. The Balaban J connectivity index is 2.23. The van der Waals surface area contributed by atoms with Crippen molar-refractivity contribution in [2.24, 2.45) is 11.8 Å². The fourth-order valence-electron chi connectivity index (χ4n) is 3.40. The quantitative estimate of drug-likeness (QED) is 0.501. The fourth-order valence-corrected chi connectivity index (χ4v) is 3.81. The molecule has 1 aliphatic carbocycles. The first-order chi connectivity index (χ1) is 10.3. The second-order valence-corrected chi connectivity index (χ2v) is 8.18. The number of carbonyl (C=O) groups is 1. The van der Waals surface area contributed by atoms with Crippen molar-refractivity contribution in [2.75, 3.05) is 5.75 Å². The number of carbonyl (C=O) groups excluding carboxylic acids is 1. The lowest BCUT2D eigenvalue weighted by molar-refractivity contribution is -0.119.